The van der Waals surface area contributed by atoms with Crippen molar-refractivity contribution in [3.8, 4) is 0 Å². The van der Waals surface area contributed by atoms with Crippen LogP contribution in [0.15, 0.2) is 23.1 Å². The highest BCUT2D eigenvalue weighted by molar-refractivity contribution is 7.89. The van der Waals surface area contributed by atoms with Gasteiger partial charge in [-0.05, 0) is 31.5 Å². The van der Waals surface area contributed by atoms with E-state index in [0.29, 0.717) is 13.0 Å². The Balaban J connectivity index is 2.41. The molecular weight excluding hydrogens is 286 g/mol. The third-order valence-corrected chi connectivity index (χ3v) is 5.56. The van der Waals surface area contributed by atoms with Gasteiger partial charge in [0.1, 0.15) is 11.6 Å². The highest BCUT2D eigenvalue weighted by atomic mass is 32.2. The van der Waals surface area contributed by atoms with Gasteiger partial charge < -0.3 is 5.32 Å². The van der Waals surface area contributed by atoms with Gasteiger partial charge in [0.2, 0.25) is 10.0 Å². The molecule has 1 saturated heterocycles. The smallest absolute Gasteiger partial charge is 0.249 e. The predicted octanol–water partition coefficient (Wildman–Crippen LogP) is 1.73. The predicted molar refractivity (Wildman–Crippen MR) is 71.8 cm³/mol. The number of hydrogen-bond donors (Lipinski definition) is 1. The number of benzene rings is 1. The zero-order valence-electron chi connectivity index (χ0n) is 11.3. The van der Waals surface area contributed by atoms with Crippen LogP contribution in [0.1, 0.15) is 19.8 Å². The largest absolute Gasteiger partial charge is 0.315 e. The standard InChI is InChI=1S/C13H18F2N2O2S/c1-2-17(10-5-4-8-16-9-10)20(18,19)13-11(14)6-3-7-12(13)15/h3,6-7,10,16H,2,4-5,8-9H2,1H3. The van der Waals surface area contributed by atoms with E-state index in [2.05, 4.69) is 5.32 Å². The van der Waals surface area contributed by atoms with E-state index in [1.165, 1.54) is 4.31 Å². The van der Waals surface area contributed by atoms with Crippen molar-refractivity contribution in [1.29, 1.82) is 0 Å². The molecule has 4 nitrogen and oxygen atoms in total. The summed E-state index contributed by atoms with van der Waals surface area (Å²) >= 11 is 0. The Morgan fingerprint density at radius 3 is 2.50 bits per heavy atom. The first kappa shape index (κ1) is 15.3. The lowest BCUT2D eigenvalue weighted by Gasteiger charge is -2.33. The molecular formula is C13H18F2N2O2S. The average molecular weight is 304 g/mol. The number of halogens is 2. The topological polar surface area (TPSA) is 49.4 Å². The third-order valence-electron chi connectivity index (χ3n) is 3.48. The van der Waals surface area contributed by atoms with Crippen LogP contribution in [-0.4, -0.2) is 38.4 Å². The molecule has 1 aliphatic heterocycles. The second-order valence-corrected chi connectivity index (χ2v) is 6.59. The molecule has 0 aromatic heterocycles. The Bertz CT molecular complexity index is 551. The summed E-state index contributed by atoms with van der Waals surface area (Å²) < 4.78 is 53.7. The molecule has 1 aliphatic rings. The first-order valence-corrected chi connectivity index (χ1v) is 8.09. The van der Waals surface area contributed by atoms with Gasteiger partial charge in [-0.15, -0.1) is 0 Å². The molecule has 0 bridgehead atoms. The van der Waals surface area contributed by atoms with Crippen LogP contribution in [0.5, 0.6) is 0 Å². The fraction of sp³-hybridized carbons (Fsp3) is 0.538. The van der Waals surface area contributed by atoms with Gasteiger partial charge in [0, 0.05) is 19.1 Å². The number of rotatable bonds is 4. The minimum absolute atomic E-state index is 0.183. The van der Waals surface area contributed by atoms with Crippen molar-refractivity contribution in [1.82, 2.24) is 9.62 Å². The summed E-state index contributed by atoms with van der Waals surface area (Å²) in [5.74, 6) is -2.10. The SMILES string of the molecule is CCN(C1CCCNC1)S(=O)(=O)c1c(F)cccc1F. The molecule has 0 radical (unpaired) electrons. The Hall–Kier alpha value is -1.05. The Labute approximate surface area is 117 Å². The Morgan fingerprint density at radius 1 is 1.35 bits per heavy atom. The van der Waals surface area contributed by atoms with Gasteiger partial charge in [0.15, 0.2) is 4.90 Å². The van der Waals surface area contributed by atoms with Gasteiger partial charge in [-0.1, -0.05) is 13.0 Å². The zero-order valence-corrected chi connectivity index (χ0v) is 12.1. The van der Waals surface area contributed by atoms with Crippen molar-refractivity contribution in [2.45, 2.75) is 30.7 Å². The molecule has 1 unspecified atom stereocenters. The molecule has 1 atom stereocenters. The summed E-state index contributed by atoms with van der Waals surface area (Å²) in [5.41, 5.74) is 0. The molecule has 1 heterocycles. The van der Waals surface area contributed by atoms with Crippen LogP contribution < -0.4 is 5.32 Å². The molecule has 2 rings (SSSR count). The average Bonchev–Trinajstić information content (AvgIpc) is 2.40. The van der Waals surface area contributed by atoms with Gasteiger partial charge in [-0.2, -0.15) is 4.31 Å². The second kappa shape index (κ2) is 6.15. The first-order chi connectivity index (χ1) is 9.48. The number of likely N-dealkylation sites (N-methyl/N-ethyl adjacent to an activating group) is 1. The second-order valence-electron chi connectivity index (χ2n) is 4.76. The Morgan fingerprint density at radius 2 is 2.00 bits per heavy atom. The van der Waals surface area contributed by atoms with Gasteiger partial charge in [-0.3, -0.25) is 0 Å². The molecule has 1 aromatic carbocycles. The molecule has 0 spiro atoms. The molecule has 0 aliphatic carbocycles. The van der Waals surface area contributed by atoms with E-state index in [0.717, 1.165) is 31.2 Å². The van der Waals surface area contributed by atoms with E-state index >= 15 is 0 Å². The number of nitrogens with one attached hydrogen (secondary N) is 1. The van der Waals surface area contributed by atoms with Crippen molar-refractivity contribution in [2.75, 3.05) is 19.6 Å². The molecule has 0 saturated carbocycles. The summed E-state index contributed by atoms with van der Waals surface area (Å²) in [6, 6.07) is 2.81. The molecule has 7 heteroatoms. The maximum absolute atomic E-state index is 13.7. The van der Waals surface area contributed by atoms with E-state index in [1.807, 2.05) is 0 Å². The van der Waals surface area contributed by atoms with Crippen molar-refractivity contribution in [2.24, 2.45) is 0 Å². The molecule has 112 valence electrons. The zero-order chi connectivity index (χ0) is 14.8. The Kier molecular flexibility index (Phi) is 4.72. The van der Waals surface area contributed by atoms with Crippen LogP contribution in [0.2, 0.25) is 0 Å². The van der Waals surface area contributed by atoms with E-state index in [4.69, 9.17) is 0 Å². The minimum Gasteiger partial charge on any atom is -0.315 e. The van der Waals surface area contributed by atoms with Crippen molar-refractivity contribution in [3.63, 3.8) is 0 Å². The highest BCUT2D eigenvalue weighted by Gasteiger charge is 2.34. The fourth-order valence-electron chi connectivity index (χ4n) is 2.55. The van der Waals surface area contributed by atoms with Gasteiger partial charge in [0.05, 0.1) is 0 Å². The minimum atomic E-state index is -4.17. The van der Waals surface area contributed by atoms with Crippen LogP contribution in [0.4, 0.5) is 8.78 Å². The van der Waals surface area contributed by atoms with E-state index in [1.54, 1.807) is 6.92 Å². The van der Waals surface area contributed by atoms with Crippen molar-refractivity contribution >= 4 is 10.0 Å². The normalized spacial score (nSPS) is 20.3. The molecule has 1 N–H and O–H groups in total. The third kappa shape index (κ3) is 2.84. The van der Waals surface area contributed by atoms with Crippen LogP contribution in [0.25, 0.3) is 0 Å². The first-order valence-electron chi connectivity index (χ1n) is 6.65. The maximum atomic E-state index is 13.7. The molecule has 1 fully saturated rings. The maximum Gasteiger partial charge on any atom is 0.249 e. The van der Waals surface area contributed by atoms with E-state index in [9.17, 15) is 17.2 Å². The van der Waals surface area contributed by atoms with Crippen LogP contribution >= 0.6 is 0 Å². The van der Waals surface area contributed by atoms with Crippen LogP contribution in [-0.2, 0) is 10.0 Å². The number of hydrogen-bond acceptors (Lipinski definition) is 3. The van der Waals surface area contributed by atoms with Crippen molar-refractivity contribution < 1.29 is 17.2 Å². The number of piperidine rings is 1. The monoisotopic (exact) mass is 304 g/mol. The van der Waals surface area contributed by atoms with Crippen molar-refractivity contribution in [3.05, 3.63) is 29.8 Å². The summed E-state index contributed by atoms with van der Waals surface area (Å²) in [5, 5.41) is 3.11. The molecule has 20 heavy (non-hydrogen) atoms. The van der Waals surface area contributed by atoms with Crippen LogP contribution in [0, 0.1) is 11.6 Å². The van der Waals surface area contributed by atoms with Gasteiger partial charge >= 0.3 is 0 Å². The number of sulfonamides is 1. The lowest BCUT2D eigenvalue weighted by molar-refractivity contribution is 0.272. The summed E-state index contributed by atoms with van der Waals surface area (Å²) in [6.07, 6.45) is 1.53. The lowest BCUT2D eigenvalue weighted by atomic mass is 10.1. The quantitative estimate of drug-likeness (QED) is 0.921. The lowest BCUT2D eigenvalue weighted by Crippen LogP contribution is -2.48. The summed E-state index contributed by atoms with van der Waals surface area (Å²) in [7, 11) is -4.17. The molecule has 1 aromatic rings. The van der Waals surface area contributed by atoms with Gasteiger partial charge in [-0.25, -0.2) is 17.2 Å². The fourth-order valence-corrected chi connectivity index (χ4v) is 4.33. The summed E-state index contributed by atoms with van der Waals surface area (Å²) in [4.78, 5) is -0.854. The number of nitrogens with zero attached hydrogens (tertiary/aromatic N) is 1. The van der Waals surface area contributed by atoms with E-state index < -0.39 is 26.6 Å². The molecule has 0 amide bonds. The van der Waals surface area contributed by atoms with Crippen LogP contribution in [0.3, 0.4) is 0 Å². The highest BCUT2D eigenvalue weighted by Crippen LogP contribution is 2.25. The van der Waals surface area contributed by atoms with Gasteiger partial charge in [0.25, 0.3) is 0 Å². The van der Waals surface area contributed by atoms with E-state index in [-0.39, 0.29) is 12.6 Å². The summed E-state index contributed by atoms with van der Waals surface area (Å²) in [6.45, 7) is 3.19.